The van der Waals surface area contributed by atoms with E-state index in [9.17, 15) is 4.39 Å². The highest BCUT2D eigenvalue weighted by molar-refractivity contribution is 5.64. The van der Waals surface area contributed by atoms with Gasteiger partial charge in [0.2, 0.25) is 0 Å². The molecule has 0 amide bonds. The summed E-state index contributed by atoms with van der Waals surface area (Å²) in [4.78, 5) is 0. The van der Waals surface area contributed by atoms with Crippen LogP contribution in [0.1, 0.15) is 30.9 Å². The Kier molecular flexibility index (Phi) is 3.83. The van der Waals surface area contributed by atoms with Crippen molar-refractivity contribution in [3.05, 3.63) is 59.4 Å². The van der Waals surface area contributed by atoms with Crippen LogP contribution in [0.2, 0.25) is 0 Å². The van der Waals surface area contributed by atoms with Gasteiger partial charge < -0.3 is 5.32 Å². The Balaban J connectivity index is 1.77. The third-order valence-corrected chi connectivity index (χ3v) is 3.91. The summed E-state index contributed by atoms with van der Waals surface area (Å²) in [5.41, 5.74) is 4.08. The standard InChI is InChI=1S/C18H20FN/c1-2-13-3-5-14(6-4-13)15-7-8-16(18(19)11-15)12-20-17-9-10-17/h3-8,11,17,20H,2,9-10,12H2,1H3. The largest absolute Gasteiger partial charge is 0.310 e. The highest BCUT2D eigenvalue weighted by Gasteiger charge is 2.20. The Labute approximate surface area is 119 Å². The third kappa shape index (κ3) is 3.07. The zero-order valence-corrected chi connectivity index (χ0v) is 11.8. The van der Waals surface area contributed by atoms with Crippen LogP contribution in [0.4, 0.5) is 4.39 Å². The topological polar surface area (TPSA) is 12.0 Å². The lowest BCUT2D eigenvalue weighted by Crippen LogP contribution is -2.16. The first-order valence-electron chi connectivity index (χ1n) is 7.37. The summed E-state index contributed by atoms with van der Waals surface area (Å²) in [6.07, 6.45) is 3.48. The van der Waals surface area contributed by atoms with Crippen molar-refractivity contribution in [2.75, 3.05) is 0 Å². The molecule has 0 bridgehead atoms. The second-order valence-corrected chi connectivity index (χ2v) is 5.51. The molecule has 0 unspecified atom stereocenters. The number of rotatable bonds is 5. The molecule has 1 aliphatic carbocycles. The van der Waals surface area contributed by atoms with Gasteiger partial charge in [-0.1, -0.05) is 43.3 Å². The maximum Gasteiger partial charge on any atom is 0.128 e. The van der Waals surface area contributed by atoms with Crippen LogP contribution in [0.25, 0.3) is 11.1 Å². The van der Waals surface area contributed by atoms with Crippen LogP contribution < -0.4 is 5.32 Å². The molecule has 1 saturated carbocycles. The van der Waals surface area contributed by atoms with Crippen LogP contribution in [0, 0.1) is 5.82 Å². The molecule has 1 nitrogen and oxygen atoms in total. The molecule has 0 saturated heterocycles. The molecule has 0 heterocycles. The molecule has 2 heteroatoms. The second-order valence-electron chi connectivity index (χ2n) is 5.51. The fourth-order valence-electron chi connectivity index (χ4n) is 2.34. The van der Waals surface area contributed by atoms with Crippen molar-refractivity contribution in [1.29, 1.82) is 0 Å². The minimum absolute atomic E-state index is 0.116. The van der Waals surface area contributed by atoms with Crippen LogP contribution in [0.15, 0.2) is 42.5 Å². The number of aryl methyl sites for hydroxylation is 1. The molecule has 104 valence electrons. The molecule has 0 aliphatic heterocycles. The fraction of sp³-hybridized carbons (Fsp3) is 0.333. The van der Waals surface area contributed by atoms with Crippen LogP contribution in [0.5, 0.6) is 0 Å². The van der Waals surface area contributed by atoms with Crippen LogP contribution in [0.3, 0.4) is 0 Å². The van der Waals surface area contributed by atoms with E-state index < -0.39 is 0 Å². The summed E-state index contributed by atoms with van der Waals surface area (Å²) < 4.78 is 14.1. The molecule has 0 aromatic heterocycles. The van der Waals surface area contributed by atoms with Crippen molar-refractivity contribution < 1.29 is 4.39 Å². The van der Waals surface area contributed by atoms with Gasteiger partial charge in [0.15, 0.2) is 0 Å². The minimum atomic E-state index is -0.116. The number of nitrogens with one attached hydrogen (secondary N) is 1. The van der Waals surface area contributed by atoms with E-state index in [0.29, 0.717) is 12.6 Å². The first-order valence-corrected chi connectivity index (χ1v) is 7.37. The highest BCUT2D eigenvalue weighted by atomic mass is 19.1. The van der Waals surface area contributed by atoms with Crippen molar-refractivity contribution in [2.45, 2.75) is 38.8 Å². The summed E-state index contributed by atoms with van der Waals surface area (Å²) in [5, 5.41) is 3.35. The predicted molar refractivity (Wildman–Crippen MR) is 81.1 cm³/mol. The van der Waals surface area contributed by atoms with E-state index in [4.69, 9.17) is 0 Å². The van der Waals surface area contributed by atoms with Gasteiger partial charge in [-0.3, -0.25) is 0 Å². The summed E-state index contributed by atoms with van der Waals surface area (Å²) in [5.74, 6) is -0.116. The van der Waals surface area contributed by atoms with Gasteiger partial charge in [0.1, 0.15) is 5.82 Å². The van der Waals surface area contributed by atoms with Crippen molar-refractivity contribution >= 4 is 0 Å². The quantitative estimate of drug-likeness (QED) is 0.853. The van der Waals surface area contributed by atoms with E-state index >= 15 is 0 Å². The van der Waals surface area contributed by atoms with Gasteiger partial charge in [0.05, 0.1) is 0 Å². The normalized spacial score (nSPS) is 14.5. The first kappa shape index (κ1) is 13.3. The molecule has 0 spiro atoms. The van der Waals surface area contributed by atoms with Crippen molar-refractivity contribution in [1.82, 2.24) is 5.32 Å². The van der Waals surface area contributed by atoms with Crippen LogP contribution >= 0.6 is 0 Å². The minimum Gasteiger partial charge on any atom is -0.310 e. The monoisotopic (exact) mass is 269 g/mol. The summed E-state index contributed by atoms with van der Waals surface area (Å²) in [6, 6.07) is 14.5. The average Bonchev–Trinajstić information content (AvgIpc) is 3.30. The van der Waals surface area contributed by atoms with Crippen LogP contribution in [-0.4, -0.2) is 6.04 Å². The lowest BCUT2D eigenvalue weighted by Gasteiger charge is -2.08. The Morgan fingerprint density at radius 3 is 2.35 bits per heavy atom. The predicted octanol–water partition coefficient (Wildman–Crippen LogP) is 4.31. The van der Waals surface area contributed by atoms with E-state index in [-0.39, 0.29) is 5.82 Å². The van der Waals surface area contributed by atoms with Gasteiger partial charge in [-0.05, 0) is 42.0 Å². The Morgan fingerprint density at radius 1 is 1.05 bits per heavy atom. The fourth-order valence-corrected chi connectivity index (χ4v) is 2.34. The Bertz CT molecular complexity index is 585. The molecule has 1 N–H and O–H groups in total. The molecule has 3 rings (SSSR count). The Morgan fingerprint density at radius 2 is 1.75 bits per heavy atom. The third-order valence-electron chi connectivity index (χ3n) is 3.91. The van der Waals surface area contributed by atoms with Crippen molar-refractivity contribution in [3.8, 4) is 11.1 Å². The maximum absolute atomic E-state index is 14.1. The number of halogens is 1. The lowest BCUT2D eigenvalue weighted by molar-refractivity contribution is 0.587. The highest BCUT2D eigenvalue weighted by Crippen LogP contribution is 2.24. The maximum atomic E-state index is 14.1. The van der Waals surface area contributed by atoms with E-state index in [1.807, 2.05) is 12.1 Å². The van der Waals surface area contributed by atoms with Crippen LogP contribution in [-0.2, 0) is 13.0 Å². The van der Waals surface area contributed by atoms with Gasteiger partial charge >= 0.3 is 0 Å². The van der Waals surface area contributed by atoms with Crippen molar-refractivity contribution in [3.63, 3.8) is 0 Å². The van der Waals surface area contributed by atoms with E-state index in [0.717, 1.165) is 23.1 Å². The lowest BCUT2D eigenvalue weighted by atomic mass is 10.0. The van der Waals surface area contributed by atoms with Crippen molar-refractivity contribution in [2.24, 2.45) is 0 Å². The average molecular weight is 269 g/mol. The van der Waals surface area contributed by atoms with Gasteiger partial charge in [-0.25, -0.2) is 4.39 Å². The van der Waals surface area contributed by atoms with Gasteiger partial charge in [0, 0.05) is 18.2 Å². The smallest absolute Gasteiger partial charge is 0.128 e. The molecular weight excluding hydrogens is 249 g/mol. The molecule has 2 aromatic carbocycles. The number of hydrogen-bond donors (Lipinski definition) is 1. The zero-order valence-electron chi connectivity index (χ0n) is 11.8. The summed E-state index contributed by atoms with van der Waals surface area (Å²) in [7, 11) is 0. The second kappa shape index (κ2) is 5.76. The SMILES string of the molecule is CCc1ccc(-c2ccc(CNC3CC3)c(F)c2)cc1. The van der Waals surface area contributed by atoms with Gasteiger partial charge in [-0.2, -0.15) is 0 Å². The molecule has 0 radical (unpaired) electrons. The molecule has 2 aromatic rings. The molecule has 0 atom stereocenters. The van der Waals surface area contributed by atoms with E-state index in [1.165, 1.54) is 18.4 Å². The van der Waals surface area contributed by atoms with Gasteiger partial charge in [0.25, 0.3) is 0 Å². The molecule has 20 heavy (non-hydrogen) atoms. The van der Waals surface area contributed by atoms with Gasteiger partial charge in [-0.15, -0.1) is 0 Å². The zero-order chi connectivity index (χ0) is 13.9. The van der Waals surface area contributed by atoms with E-state index in [1.54, 1.807) is 6.07 Å². The summed E-state index contributed by atoms with van der Waals surface area (Å²) >= 11 is 0. The van der Waals surface area contributed by atoms with E-state index in [2.05, 4.69) is 36.5 Å². The number of benzene rings is 2. The number of hydrogen-bond acceptors (Lipinski definition) is 1. The molecule has 1 aliphatic rings. The summed E-state index contributed by atoms with van der Waals surface area (Å²) in [6.45, 7) is 2.77. The Hall–Kier alpha value is -1.67. The molecule has 1 fully saturated rings. The first-order chi connectivity index (χ1) is 9.76. The molecular formula is C18H20FN.